The molecule has 2 aliphatic heterocycles. The average molecular weight is 461 g/mol. The molecule has 4 heterocycles. The number of para-hydroxylation sites is 1. The summed E-state index contributed by atoms with van der Waals surface area (Å²) >= 11 is 0. The third-order valence-electron chi connectivity index (χ3n) is 6.81. The summed E-state index contributed by atoms with van der Waals surface area (Å²) < 4.78 is 12.9. The molecular weight excluding hydrogens is 432 g/mol. The summed E-state index contributed by atoms with van der Waals surface area (Å²) in [5, 5.41) is 1.05. The minimum Gasteiger partial charge on any atom is -0.457 e. The van der Waals surface area contributed by atoms with Gasteiger partial charge in [-0.05, 0) is 36.5 Å². The van der Waals surface area contributed by atoms with Gasteiger partial charge in [-0.2, -0.15) is 0 Å². The van der Waals surface area contributed by atoms with E-state index in [9.17, 15) is 14.4 Å². The van der Waals surface area contributed by atoms with Crippen LogP contribution in [-0.2, 0) is 37.8 Å². The van der Waals surface area contributed by atoms with Crippen LogP contribution in [0.1, 0.15) is 62.8 Å². The van der Waals surface area contributed by atoms with E-state index in [-0.39, 0.29) is 30.4 Å². The summed E-state index contributed by atoms with van der Waals surface area (Å²) in [5.41, 5.74) is 2.80. The number of cyclic esters (lactones) is 1. The molecule has 0 fully saturated rings. The topological polar surface area (TPSA) is 87.5 Å². The number of esters is 2. The molecule has 7 heteroatoms. The van der Waals surface area contributed by atoms with Crippen LogP contribution < -0.4 is 5.56 Å². The number of hydrogen-bond acceptors (Lipinski definition) is 6. The van der Waals surface area contributed by atoms with Crippen molar-refractivity contribution < 1.29 is 19.1 Å². The molecule has 0 spiro atoms. The fourth-order valence-electron chi connectivity index (χ4n) is 5.05. The van der Waals surface area contributed by atoms with Gasteiger partial charge >= 0.3 is 11.9 Å². The molecule has 5 rings (SSSR count). The Bertz CT molecular complexity index is 1430. The van der Waals surface area contributed by atoms with E-state index in [0.29, 0.717) is 23.4 Å². The van der Waals surface area contributed by atoms with Crippen molar-refractivity contribution >= 4 is 22.8 Å². The zero-order chi connectivity index (χ0) is 24.4. The lowest BCUT2D eigenvalue weighted by Crippen LogP contribution is -2.47. The Kier molecular flexibility index (Phi) is 4.93. The Morgan fingerprint density at radius 1 is 1.21 bits per heavy atom. The first-order valence-electron chi connectivity index (χ1n) is 11.6. The summed E-state index contributed by atoms with van der Waals surface area (Å²) in [4.78, 5) is 44.4. The second-order valence-electron chi connectivity index (χ2n) is 10.4. The molecule has 1 atom stereocenters. The zero-order valence-electron chi connectivity index (χ0n) is 20.2. The number of hydrogen-bond donors (Lipinski definition) is 0. The fraction of sp³-hybridized carbons (Fsp3) is 0.407. The molecule has 0 amide bonds. The number of rotatable bonds is 3. The van der Waals surface area contributed by atoms with E-state index in [4.69, 9.17) is 14.5 Å². The molecule has 0 saturated heterocycles. The Morgan fingerprint density at radius 3 is 2.65 bits per heavy atom. The van der Waals surface area contributed by atoms with Gasteiger partial charge in [0, 0.05) is 16.5 Å². The first kappa shape index (κ1) is 22.3. The molecule has 2 aromatic heterocycles. The number of benzene rings is 1. The molecule has 0 radical (unpaired) electrons. The maximum Gasteiger partial charge on any atom is 0.355 e. The van der Waals surface area contributed by atoms with E-state index in [0.717, 1.165) is 27.7 Å². The van der Waals surface area contributed by atoms with E-state index < -0.39 is 17.5 Å². The SMILES string of the molecule is CC[C@@]1(OC(=O)CC(C)(C)C)C(=O)OCc2c1cc1n(c2=O)Cc2c-1nc1ccccc1c2C. The normalized spacial score (nSPS) is 18.8. The first-order valence-corrected chi connectivity index (χ1v) is 11.6. The molecule has 34 heavy (non-hydrogen) atoms. The highest BCUT2D eigenvalue weighted by atomic mass is 16.6. The Balaban J connectivity index is 1.71. The van der Waals surface area contributed by atoms with E-state index in [2.05, 4.69) is 0 Å². The van der Waals surface area contributed by atoms with E-state index in [1.165, 1.54) is 0 Å². The van der Waals surface area contributed by atoms with Gasteiger partial charge in [-0.3, -0.25) is 9.59 Å². The van der Waals surface area contributed by atoms with Crippen LogP contribution in [0.4, 0.5) is 0 Å². The van der Waals surface area contributed by atoms with Crippen LogP contribution in [0.5, 0.6) is 0 Å². The Labute approximate surface area is 197 Å². The smallest absolute Gasteiger partial charge is 0.355 e. The van der Waals surface area contributed by atoms with Gasteiger partial charge in [0.15, 0.2) is 0 Å². The maximum absolute atomic E-state index is 13.6. The van der Waals surface area contributed by atoms with Gasteiger partial charge < -0.3 is 14.0 Å². The van der Waals surface area contributed by atoms with Crippen molar-refractivity contribution in [2.45, 2.75) is 66.2 Å². The van der Waals surface area contributed by atoms with Crippen LogP contribution in [0.2, 0.25) is 0 Å². The highest BCUT2D eigenvalue weighted by molar-refractivity contribution is 5.89. The van der Waals surface area contributed by atoms with E-state index >= 15 is 0 Å². The number of ether oxygens (including phenoxy) is 2. The molecule has 0 aliphatic carbocycles. The molecular formula is C27H28N2O5. The summed E-state index contributed by atoms with van der Waals surface area (Å²) in [7, 11) is 0. The van der Waals surface area contributed by atoms with Crippen LogP contribution in [0.15, 0.2) is 35.1 Å². The van der Waals surface area contributed by atoms with Crippen molar-refractivity contribution in [1.29, 1.82) is 0 Å². The standard InChI is InChI=1S/C27H28N2O5/c1-6-27(34-22(30)12-26(3,4)5)19-11-21-23-17(15(2)16-9-7-8-10-20(16)28-23)13-29(21)24(31)18(19)14-33-25(27)32/h7-11H,6,12-14H2,1-5H3/t27-/m0/s1. The average Bonchev–Trinajstić information content (AvgIpc) is 3.14. The van der Waals surface area contributed by atoms with E-state index in [1.807, 2.05) is 52.0 Å². The van der Waals surface area contributed by atoms with Crippen LogP contribution >= 0.6 is 0 Å². The van der Waals surface area contributed by atoms with Crippen LogP contribution in [0, 0.1) is 12.3 Å². The number of pyridine rings is 2. The number of carbonyl (C=O) groups is 2. The van der Waals surface area contributed by atoms with Crippen molar-refractivity contribution in [1.82, 2.24) is 9.55 Å². The lowest BCUT2D eigenvalue weighted by atomic mass is 9.85. The lowest BCUT2D eigenvalue weighted by molar-refractivity contribution is -0.190. The van der Waals surface area contributed by atoms with E-state index in [1.54, 1.807) is 17.6 Å². The number of nitrogens with zero attached hydrogens (tertiary/aromatic N) is 2. The monoisotopic (exact) mass is 460 g/mol. The molecule has 3 aromatic rings. The predicted octanol–water partition coefficient (Wildman–Crippen LogP) is 4.38. The quantitative estimate of drug-likeness (QED) is 0.422. The van der Waals surface area contributed by atoms with Crippen LogP contribution in [-0.4, -0.2) is 21.5 Å². The highest BCUT2D eigenvalue weighted by Crippen LogP contribution is 2.42. The van der Waals surface area contributed by atoms with Crippen molar-refractivity contribution in [3.8, 4) is 11.4 Å². The maximum atomic E-state index is 13.6. The Hall–Kier alpha value is -3.48. The second kappa shape index (κ2) is 7.52. The second-order valence-corrected chi connectivity index (χ2v) is 10.4. The van der Waals surface area contributed by atoms with Crippen molar-refractivity contribution in [3.05, 3.63) is 62.9 Å². The summed E-state index contributed by atoms with van der Waals surface area (Å²) in [6.07, 6.45) is 0.297. The van der Waals surface area contributed by atoms with Gasteiger partial charge in [0.25, 0.3) is 5.56 Å². The van der Waals surface area contributed by atoms with Gasteiger partial charge in [0.2, 0.25) is 5.60 Å². The van der Waals surface area contributed by atoms with Crippen molar-refractivity contribution in [3.63, 3.8) is 0 Å². The largest absolute Gasteiger partial charge is 0.457 e. The predicted molar refractivity (Wildman–Crippen MR) is 127 cm³/mol. The first-order chi connectivity index (χ1) is 16.1. The summed E-state index contributed by atoms with van der Waals surface area (Å²) in [6, 6.07) is 9.68. The summed E-state index contributed by atoms with van der Waals surface area (Å²) in [6.45, 7) is 9.83. The molecule has 0 bridgehead atoms. The minimum atomic E-state index is -1.65. The van der Waals surface area contributed by atoms with Gasteiger partial charge in [0.1, 0.15) is 6.61 Å². The number of aromatic nitrogens is 2. The van der Waals surface area contributed by atoms with Gasteiger partial charge in [-0.1, -0.05) is 45.9 Å². The fourth-order valence-corrected chi connectivity index (χ4v) is 5.05. The third-order valence-corrected chi connectivity index (χ3v) is 6.81. The molecule has 7 nitrogen and oxygen atoms in total. The van der Waals surface area contributed by atoms with Crippen LogP contribution in [0.25, 0.3) is 22.3 Å². The Morgan fingerprint density at radius 2 is 1.94 bits per heavy atom. The minimum absolute atomic E-state index is 0.136. The lowest BCUT2D eigenvalue weighted by Gasteiger charge is -2.36. The zero-order valence-corrected chi connectivity index (χ0v) is 20.2. The number of aryl methyl sites for hydroxylation is 1. The molecule has 0 saturated carbocycles. The van der Waals surface area contributed by atoms with Crippen molar-refractivity contribution in [2.24, 2.45) is 5.41 Å². The molecule has 176 valence electrons. The molecule has 1 aromatic carbocycles. The summed E-state index contributed by atoms with van der Waals surface area (Å²) in [5.74, 6) is -1.14. The molecule has 0 unspecified atom stereocenters. The number of fused-ring (bicyclic) bond motifs is 5. The van der Waals surface area contributed by atoms with Gasteiger partial charge in [0.05, 0.1) is 35.4 Å². The van der Waals surface area contributed by atoms with Crippen molar-refractivity contribution in [2.75, 3.05) is 0 Å². The van der Waals surface area contributed by atoms with Gasteiger partial charge in [-0.15, -0.1) is 0 Å². The molecule has 2 aliphatic rings. The number of carbonyl (C=O) groups excluding carboxylic acids is 2. The highest BCUT2D eigenvalue weighted by Gasteiger charge is 2.50. The van der Waals surface area contributed by atoms with Crippen LogP contribution in [0.3, 0.4) is 0 Å². The third kappa shape index (κ3) is 3.25. The molecule has 0 N–H and O–H groups in total. The van der Waals surface area contributed by atoms with Gasteiger partial charge in [-0.25, -0.2) is 9.78 Å².